The minimum absolute atomic E-state index is 0.490. The van der Waals surface area contributed by atoms with Crippen molar-refractivity contribution >= 4 is 11.3 Å². The van der Waals surface area contributed by atoms with Gasteiger partial charge in [0.1, 0.15) is 5.01 Å². The SMILES string of the molecule is OC(CNCc1ncc(-c2ccccc2)s1)c1ccncc1. The highest BCUT2D eigenvalue weighted by Gasteiger charge is 2.08. The number of hydrogen-bond acceptors (Lipinski definition) is 5. The second kappa shape index (κ2) is 7.26. The summed E-state index contributed by atoms with van der Waals surface area (Å²) >= 11 is 1.67. The summed E-state index contributed by atoms with van der Waals surface area (Å²) < 4.78 is 0. The molecule has 0 amide bonds. The van der Waals surface area contributed by atoms with Gasteiger partial charge in [0, 0.05) is 31.7 Å². The minimum Gasteiger partial charge on any atom is -0.387 e. The molecule has 3 aromatic rings. The van der Waals surface area contributed by atoms with E-state index in [4.69, 9.17) is 0 Å². The molecule has 2 heterocycles. The van der Waals surface area contributed by atoms with Crippen molar-refractivity contribution in [3.8, 4) is 10.4 Å². The number of pyridine rings is 1. The molecule has 1 unspecified atom stereocenters. The predicted molar refractivity (Wildman–Crippen MR) is 88.5 cm³/mol. The molecule has 1 atom stereocenters. The molecule has 2 aromatic heterocycles. The molecule has 22 heavy (non-hydrogen) atoms. The lowest BCUT2D eigenvalue weighted by Gasteiger charge is -2.10. The van der Waals surface area contributed by atoms with Gasteiger partial charge >= 0.3 is 0 Å². The van der Waals surface area contributed by atoms with Crippen LogP contribution in [0.25, 0.3) is 10.4 Å². The Labute approximate surface area is 133 Å². The maximum Gasteiger partial charge on any atom is 0.107 e. The van der Waals surface area contributed by atoms with Gasteiger partial charge in [-0.25, -0.2) is 4.98 Å². The van der Waals surface area contributed by atoms with Crippen molar-refractivity contribution in [1.29, 1.82) is 0 Å². The average Bonchev–Trinajstić information content (AvgIpc) is 3.05. The standard InChI is InChI=1S/C17H17N3OS/c21-15(13-6-8-18-9-7-13)10-19-12-17-20-11-16(22-17)14-4-2-1-3-5-14/h1-9,11,15,19,21H,10,12H2. The van der Waals surface area contributed by atoms with Crippen LogP contribution in [-0.2, 0) is 6.54 Å². The monoisotopic (exact) mass is 311 g/mol. The Balaban J connectivity index is 1.53. The van der Waals surface area contributed by atoms with Crippen LogP contribution in [0.3, 0.4) is 0 Å². The highest BCUT2D eigenvalue weighted by Crippen LogP contribution is 2.25. The van der Waals surface area contributed by atoms with Crippen LogP contribution in [0.2, 0.25) is 0 Å². The summed E-state index contributed by atoms with van der Waals surface area (Å²) in [7, 11) is 0. The van der Waals surface area contributed by atoms with Gasteiger partial charge in [0.2, 0.25) is 0 Å². The van der Waals surface area contributed by atoms with Crippen LogP contribution in [0.1, 0.15) is 16.7 Å². The number of nitrogens with zero attached hydrogens (tertiary/aromatic N) is 2. The first-order valence-electron chi connectivity index (χ1n) is 7.12. The van der Waals surface area contributed by atoms with Crippen molar-refractivity contribution in [2.45, 2.75) is 12.6 Å². The lowest BCUT2D eigenvalue weighted by atomic mass is 10.1. The molecule has 1 aromatic carbocycles. The second-order valence-electron chi connectivity index (χ2n) is 4.91. The zero-order valence-electron chi connectivity index (χ0n) is 12.0. The van der Waals surface area contributed by atoms with Crippen LogP contribution in [-0.4, -0.2) is 21.6 Å². The summed E-state index contributed by atoms with van der Waals surface area (Å²) in [6.45, 7) is 1.14. The van der Waals surface area contributed by atoms with E-state index < -0.39 is 6.10 Å². The van der Waals surface area contributed by atoms with Crippen LogP contribution in [0.4, 0.5) is 0 Å². The molecule has 5 heteroatoms. The highest BCUT2D eigenvalue weighted by molar-refractivity contribution is 7.15. The summed E-state index contributed by atoms with van der Waals surface area (Å²) in [5.41, 5.74) is 2.05. The van der Waals surface area contributed by atoms with Crippen molar-refractivity contribution in [3.05, 3.63) is 71.6 Å². The molecule has 0 radical (unpaired) electrons. The fourth-order valence-corrected chi connectivity index (χ4v) is 3.04. The van der Waals surface area contributed by atoms with Gasteiger partial charge in [-0.05, 0) is 23.3 Å². The van der Waals surface area contributed by atoms with Gasteiger partial charge in [0.15, 0.2) is 0 Å². The second-order valence-corrected chi connectivity index (χ2v) is 6.03. The van der Waals surface area contributed by atoms with E-state index in [1.54, 1.807) is 23.7 Å². The van der Waals surface area contributed by atoms with E-state index in [-0.39, 0.29) is 0 Å². The minimum atomic E-state index is -0.531. The number of aliphatic hydroxyl groups excluding tert-OH is 1. The molecule has 0 fully saturated rings. The summed E-state index contributed by atoms with van der Waals surface area (Å²) in [5, 5.41) is 14.3. The van der Waals surface area contributed by atoms with Gasteiger partial charge in [0.25, 0.3) is 0 Å². The summed E-state index contributed by atoms with van der Waals surface area (Å²) in [6, 6.07) is 13.9. The summed E-state index contributed by atoms with van der Waals surface area (Å²) in [5.74, 6) is 0. The van der Waals surface area contributed by atoms with Gasteiger partial charge in [-0.3, -0.25) is 4.98 Å². The molecule has 0 bridgehead atoms. The Morgan fingerprint density at radius 2 is 1.86 bits per heavy atom. The van der Waals surface area contributed by atoms with E-state index >= 15 is 0 Å². The van der Waals surface area contributed by atoms with Crippen LogP contribution in [0, 0.1) is 0 Å². The van der Waals surface area contributed by atoms with Gasteiger partial charge in [-0.15, -0.1) is 11.3 Å². The normalized spacial score (nSPS) is 12.2. The van der Waals surface area contributed by atoms with Crippen molar-refractivity contribution in [2.24, 2.45) is 0 Å². The van der Waals surface area contributed by atoms with Gasteiger partial charge in [-0.1, -0.05) is 30.3 Å². The number of aromatic nitrogens is 2. The quantitative estimate of drug-likeness (QED) is 0.734. The number of hydrogen-bond donors (Lipinski definition) is 2. The molecule has 0 aliphatic rings. The van der Waals surface area contributed by atoms with Crippen molar-refractivity contribution < 1.29 is 5.11 Å². The molecule has 0 saturated carbocycles. The van der Waals surface area contributed by atoms with Crippen LogP contribution in [0.5, 0.6) is 0 Å². The van der Waals surface area contributed by atoms with Gasteiger partial charge < -0.3 is 10.4 Å². The smallest absolute Gasteiger partial charge is 0.107 e. The van der Waals surface area contributed by atoms with Gasteiger partial charge in [-0.2, -0.15) is 0 Å². The zero-order chi connectivity index (χ0) is 15.2. The molecule has 3 rings (SSSR count). The fourth-order valence-electron chi connectivity index (χ4n) is 2.15. The third-order valence-corrected chi connectivity index (χ3v) is 4.36. The number of aliphatic hydroxyl groups is 1. The first kappa shape index (κ1) is 14.8. The molecular weight excluding hydrogens is 294 g/mol. The van der Waals surface area contributed by atoms with Crippen LogP contribution < -0.4 is 5.32 Å². The maximum absolute atomic E-state index is 10.1. The van der Waals surface area contributed by atoms with Crippen molar-refractivity contribution in [2.75, 3.05) is 6.54 Å². The lowest BCUT2D eigenvalue weighted by Crippen LogP contribution is -2.20. The van der Waals surface area contributed by atoms with E-state index in [1.807, 2.05) is 36.5 Å². The molecule has 112 valence electrons. The first-order valence-corrected chi connectivity index (χ1v) is 7.93. The van der Waals surface area contributed by atoms with Gasteiger partial charge in [0.05, 0.1) is 11.0 Å². The van der Waals surface area contributed by atoms with E-state index in [1.165, 1.54) is 5.56 Å². The third-order valence-electron chi connectivity index (χ3n) is 3.32. The molecule has 0 aliphatic carbocycles. The summed E-state index contributed by atoms with van der Waals surface area (Å²) in [6.07, 6.45) is 4.74. The Morgan fingerprint density at radius 3 is 2.64 bits per heavy atom. The molecule has 2 N–H and O–H groups in total. The Hall–Kier alpha value is -2.08. The van der Waals surface area contributed by atoms with Crippen LogP contribution in [0.15, 0.2) is 61.1 Å². The van der Waals surface area contributed by atoms with Crippen molar-refractivity contribution in [1.82, 2.24) is 15.3 Å². The molecule has 0 saturated heterocycles. The number of nitrogens with one attached hydrogen (secondary N) is 1. The van der Waals surface area contributed by atoms with E-state index in [0.29, 0.717) is 13.1 Å². The fraction of sp³-hybridized carbons (Fsp3) is 0.176. The molecule has 0 spiro atoms. The number of benzene rings is 1. The lowest BCUT2D eigenvalue weighted by molar-refractivity contribution is 0.174. The largest absolute Gasteiger partial charge is 0.387 e. The highest BCUT2D eigenvalue weighted by atomic mass is 32.1. The zero-order valence-corrected chi connectivity index (χ0v) is 12.8. The molecular formula is C17H17N3OS. The van der Waals surface area contributed by atoms with E-state index in [9.17, 15) is 5.11 Å². The summed E-state index contributed by atoms with van der Waals surface area (Å²) in [4.78, 5) is 9.53. The topological polar surface area (TPSA) is 58.0 Å². The van der Waals surface area contributed by atoms with E-state index in [0.717, 1.165) is 15.4 Å². The third kappa shape index (κ3) is 3.76. The predicted octanol–water partition coefficient (Wildman–Crippen LogP) is 3.03. The Morgan fingerprint density at radius 1 is 1.09 bits per heavy atom. The number of rotatable bonds is 6. The molecule has 0 aliphatic heterocycles. The average molecular weight is 311 g/mol. The molecule has 4 nitrogen and oxygen atoms in total. The maximum atomic E-state index is 10.1. The Kier molecular flexibility index (Phi) is 4.90. The first-order chi connectivity index (χ1) is 10.8. The number of thiazole rings is 1. The van der Waals surface area contributed by atoms with Crippen LogP contribution >= 0.6 is 11.3 Å². The van der Waals surface area contributed by atoms with E-state index in [2.05, 4.69) is 27.4 Å². The van der Waals surface area contributed by atoms with Crippen molar-refractivity contribution in [3.63, 3.8) is 0 Å². The Bertz CT molecular complexity index is 700.